The molecule has 0 unspecified atom stereocenters. The van der Waals surface area contributed by atoms with E-state index in [1.54, 1.807) is 55.6 Å². The summed E-state index contributed by atoms with van der Waals surface area (Å²) in [5, 5.41) is 8.53. The number of ether oxygens (including phenoxy) is 1. The normalized spacial score (nSPS) is 10.1. The summed E-state index contributed by atoms with van der Waals surface area (Å²) in [5.41, 5.74) is 2.31. The largest absolute Gasteiger partial charge is 0.497 e. The standard InChI is InChI=1S/C20H19N5O3/c1-13(26)23-14-3-5-15(6-4-14)24-19-12-21-18(11-22-19)20(27)25-16-7-9-17(28-2)10-8-16/h3-12H,1-2H3,(H,22,24)(H,23,26)(H,25,27). The summed E-state index contributed by atoms with van der Waals surface area (Å²) in [7, 11) is 1.58. The summed E-state index contributed by atoms with van der Waals surface area (Å²) in [5.74, 6) is 0.713. The molecule has 1 aromatic heterocycles. The van der Waals surface area contributed by atoms with Crippen molar-refractivity contribution in [1.82, 2.24) is 9.97 Å². The molecule has 1 heterocycles. The van der Waals surface area contributed by atoms with Crippen LogP contribution in [0.15, 0.2) is 60.9 Å². The molecule has 0 fully saturated rings. The lowest BCUT2D eigenvalue weighted by Gasteiger charge is -2.08. The first-order chi connectivity index (χ1) is 13.5. The Morgan fingerprint density at radius 3 is 2.00 bits per heavy atom. The van der Waals surface area contributed by atoms with Crippen molar-refractivity contribution < 1.29 is 14.3 Å². The van der Waals surface area contributed by atoms with Crippen LogP contribution in [0.3, 0.4) is 0 Å². The maximum atomic E-state index is 12.3. The SMILES string of the molecule is COc1ccc(NC(=O)c2cnc(Nc3ccc(NC(C)=O)cc3)cn2)cc1. The van der Waals surface area contributed by atoms with Crippen LogP contribution in [0.25, 0.3) is 0 Å². The summed E-state index contributed by atoms with van der Waals surface area (Å²) in [6, 6.07) is 14.1. The van der Waals surface area contributed by atoms with Crippen molar-refractivity contribution in [2.45, 2.75) is 6.92 Å². The van der Waals surface area contributed by atoms with Gasteiger partial charge in [0, 0.05) is 24.0 Å². The van der Waals surface area contributed by atoms with E-state index in [9.17, 15) is 9.59 Å². The Balaban J connectivity index is 1.60. The molecule has 0 atom stereocenters. The molecule has 2 aromatic carbocycles. The summed E-state index contributed by atoms with van der Waals surface area (Å²) in [6.07, 6.45) is 2.87. The number of methoxy groups -OCH3 is 1. The molecule has 8 heteroatoms. The molecule has 0 aliphatic rings. The second kappa shape index (κ2) is 8.63. The van der Waals surface area contributed by atoms with Crippen molar-refractivity contribution in [3.05, 3.63) is 66.6 Å². The molecule has 0 radical (unpaired) electrons. The van der Waals surface area contributed by atoms with E-state index in [-0.39, 0.29) is 17.5 Å². The molecule has 0 aliphatic carbocycles. The lowest BCUT2D eigenvalue weighted by molar-refractivity contribution is -0.114. The third-order valence-electron chi connectivity index (χ3n) is 3.71. The monoisotopic (exact) mass is 377 g/mol. The number of carbonyl (C=O) groups excluding carboxylic acids is 2. The van der Waals surface area contributed by atoms with E-state index in [1.807, 2.05) is 0 Å². The van der Waals surface area contributed by atoms with Crippen LogP contribution < -0.4 is 20.7 Å². The number of carbonyl (C=O) groups is 2. The van der Waals surface area contributed by atoms with Crippen molar-refractivity contribution in [2.24, 2.45) is 0 Å². The molecule has 3 rings (SSSR count). The molecule has 3 aromatic rings. The Morgan fingerprint density at radius 1 is 0.821 bits per heavy atom. The summed E-state index contributed by atoms with van der Waals surface area (Å²) < 4.78 is 5.08. The third-order valence-corrected chi connectivity index (χ3v) is 3.71. The number of nitrogens with one attached hydrogen (secondary N) is 3. The topological polar surface area (TPSA) is 105 Å². The minimum Gasteiger partial charge on any atom is -0.497 e. The fraction of sp³-hybridized carbons (Fsp3) is 0.100. The van der Waals surface area contributed by atoms with Gasteiger partial charge in [0.1, 0.15) is 17.3 Å². The molecule has 8 nitrogen and oxygen atoms in total. The van der Waals surface area contributed by atoms with E-state index in [2.05, 4.69) is 25.9 Å². The number of benzene rings is 2. The number of rotatable bonds is 6. The van der Waals surface area contributed by atoms with Gasteiger partial charge in [-0.2, -0.15) is 0 Å². The van der Waals surface area contributed by atoms with Gasteiger partial charge in [0.15, 0.2) is 0 Å². The van der Waals surface area contributed by atoms with Gasteiger partial charge in [-0.1, -0.05) is 0 Å². The number of nitrogens with zero attached hydrogens (tertiary/aromatic N) is 2. The van der Waals surface area contributed by atoms with E-state index < -0.39 is 0 Å². The Bertz CT molecular complexity index is 955. The maximum absolute atomic E-state index is 12.3. The first-order valence-corrected chi connectivity index (χ1v) is 8.45. The van der Waals surface area contributed by atoms with Crippen LogP contribution in [0.5, 0.6) is 5.75 Å². The highest BCUT2D eigenvalue weighted by Gasteiger charge is 2.09. The Kier molecular flexibility index (Phi) is 5.81. The van der Waals surface area contributed by atoms with Gasteiger partial charge in [0.25, 0.3) is 5.91 Å². The minimum absolute atomic E-state index is 0.130. The van der Waals surface area contributed by atoms with Gasteiger partial charge < -0.3 is 20.7 Å². The van der Waals surface area contributed by atoms with Crippen molar-refractivity contribution in [1.29, 1.82) is 0 Å². The third kappa shape index (κ3) is 5.04. The van der Waals surface area contributed by atoms with Crippen LogP contribution in [-0.4, -0.2) is 28.9 Å². The predicted molar refractivity (Wildman–Crippen MR) is 107 cm³/mol. The molecule has 0 spiro atoms. The molecule has 3 N–H and O–H groups in total. The number of hydrogen-bond donors (Lipinski definition) is 3. The van der Waals surface area contributed by atoms with Crippen LogP contribution in [0.2, 0.25) is 0 Å². The van der Waals surface area contributed by atoms with Crippen LogP contribution >= 0.6 is 0 Å². The lowest BCUT2D eigenvalue weighted by atomic mass is 10.2. The summed E-state index contributed by atoms with van der Waals surface area (Å²) in [4.78, 5) is 31.7. The maximum Gasteiger partial charge on any atom is 0.275 e. The molecule has 142 valence electrons. The van der Waals surface area contributed by atoms with Gasteiger partial charge in [-0.05, 0) is 48.5 Å². The van der Waals surface area contributed by atoms with Gasteiger partial charge in [-0.3, -0.25) is 9.59 Å². The Morgan fingerprint density at radius 2 is 1.43 bits per heavy atom. The fourth-order valence-electron chi connectivity index (χ4n) is 2.37. The fourth-order valence-corrected chi connectivity index (χ4v) is 2.37. The van der Waals surface area contributed by atoms with Gasteiger partial charge in [-0.25, -0.2) is 9.97 Å². The highest BCUT2D eigenvalue weighted by Crippen LogP contribution is 2.18. The molecule has 28 heavy (non-hydrogen) atoms. The average Bonchev–Trinajstić information content (AvgIpc) is 2.70. The van der Waals surface area contributed by atoms with Crippen LogP contribution in [0.1, 0.15) is 17.4 Å². The number of amides is 2. The van der Waals surface area contributed by atoms with Gasteiger partial charge >= 0.3 is 0 Å². The van der Waals surface area contributed by atoms with E-state index in [4.69, 9.17) is 4.74 Å². The molecular weight excluding hydrogens is 358 g/mol. The highest BCUT2D eigenvalue weighted by molar-refractivity contribution is 6.02. The second-order valence-electron chi connectivity index (χ2n) is 5.85. The zero-order chi connectivity index (χ0) is 19.9. The van der Waals surface area contributed by atoms with E-state index in [0.717, 1.165) is 5.69 Å². The molecule has 0 saturated heterocycles. The number of aromatic nitrogens is 2. The van der Waals surface area contributed by atoms with E-state index >= 15 is 0 Å². The van der Waals surface area contributed by atoms with Gasteiger partial charge in [0.2, 0.25) is 5.91 Å². The average molecular weight is 377 g/mol. The minimum atomic E-state index is -0.358. The number of hydrogen-bond acceptors (Lipinski definition) is 6. The molecule has 0 aliphatic heterocycles. The van der Waals surface area contributed by atoms with Crippen LogP contribution in [-0.2, 0) is 4.79 Å². The zero-order valence-corrected chi connectivity index (χ0v) is 15.4. The van der Waals surface area contributed by atoms with Crippen LogP contribution in [0.4, 0.5) is 22.9 Å². The van der Waals surface area contributed by atoms with Crippen LogP contribution in [0, 0.1) is 0 Å². The molecular formula is C20H19N5O3. The van der Waals surface area contributed by atoms with Crippen molar-refractivity contribution in [3.8, 4) is 5.75 Å². The Hall–Kier alpha value is -3.94. The van der Waals surface area contributed by atoms with Gasteiger partial charge in [-0.15, -0.1) is 0 Å². The zero-order valence-electron chi connectivity index (χ0n) is 15.4. The quantitative estimate of drug-likeness (QED) is 0.608. The molecule has 0 saturated carbocycles. The highest BCUT2D eigenvalue weighted by atomic mass is 16.5. The van der Waals surface area contributed by atoms with E-state index in [1.165, 1.54) is 19.3 Å². The van der Waals surface area contributed by atoms with Crippen molar-refractivity contribution >= 4 is 34.7 Å². The predicted octanol–water partition coefficient (Wildman–Crippen LogP) is 3.44. The Labute approximate surface area is 162 Å². The lowest BCUT2D eigenvalue weighted by Crippen LogP contribution is -2.14. The van der Waals surface area contributed by atoms with Gasteiger partial charge in [0.05, 0.1) is 19.5 Å². The first-order valence-electron chi connectivity index (χ1n) is 8.45. The first kappa shape index (κ1) is 18.8. The van der Waals surface area contributed by atoms with E-state index in [0.29, 0.717) is 22.9 Å². The number of anilines is 4. The van der Waals surface area contributed by atoms with Crippen molar-refractivity contribution in [3.63, 3.8) is 0 Å². The smallest absolute Gasteiger partial charge is 0.275 e. The van der Waals surface area contributed by atoms with Crippen molar-refractivity contribution in [2.75, 3.05) is 23.1 Å². The summed E-state index contributed by atoms with van der Waals surface area (Å²) >= 11 is 0. The molecule has 0 bridgehead atoms. The molecule has 2 amide bonds. The summed E-state index contributed by atoms with van der Waals surface area (Å²) in [6.45, 7) is 1.45. The second-order valence-corrected chi connectivity index (χ2v) is 5.85.